The summed E-state index contributed by atoms with van der Waals surface area (Å²) in [5.41, 5.74) is 1.06. The lowest BCUT2D eigenvalue weighted by Gasteiger charge is -2.03. The standard InChI is InChI=1S/C14H8F4N2/c15-11-3-1-8(2-4-11)12-6-9-5-10(14(16,17)18)7-19-13(9)20-12/h1-7H,(H,19,20)/p+1. The Morgan fingerprint density at radius 2 is 1.70 bits per heavy atom. The first kappa shape index (κ1) is 12.7. The maximum atomic E-state index is 12.8. The molecule has 3 aromatic rings. The van der Waals surface area contributed by atoms with Gasteiger partial charge in [-0.15, -0.1) is 0 Å². The molecule has 2 heterocycles. The number of rotatable bonds is 1. The summed E-state index contributed by atoms with van der Waals surface area (Å²) < 4.78 is 50.7. The van der Waals surface area contributed by atoms with Gasteiger partial charge in [-0.3, -0.25) is 0 Å². The van der Waals surface area contributed by atoms with Crippen LogP contribution < -0.4 is 4.98 Å². The highest BCUT2D eigenvalue weighted by molar-refractivity contribution is 5.81. The Balaban J connectivity index is 2.09. The van der Waals surface area contributed by atoms with E-state index in [9.17, 15) is 17.6 Å². The van der Waals surface area contributed by atoms with Crippen molar-refractivity contribution in [3.05, 3.63) is 54.0 Å². The summed E-state index contributed by atoms with van der Waals surface area (Å²) in [6.07, 6.45) is -3.48. The predicted octanol–water partition coefficient (Wildman–Crippen LogP) is 3.81. The Hall–Kier alpha value is -2.37. The second-order valence-electron chi connectivity index (χ2n) is 4.41. The van der Waals surface area contributed by atoms with Crippen molar-refractivity contribution in [3.63, 3.8) is 0 Å². The molecule has 3 rings (SSSR count). The molecule has 0 bridgehead atoms. The Morgan fingerprint density at radius 1 is 1.00 bits per heavy atom. The molecule has 0 saturated heterocycles. The minimum atomic E-state index is -4.39. The average molecular weight is 281 g/mol. The number of halogens is 4. The summed E-state index contributed by atoms with van der Waals surface area (Å²) in [6.45, 7) is 0. The van der Waals surface area contributed by atoms with Gasteiger partial charge in [-0.1, -0.05) is 0 Å². The first-order valence-electron chi connectivity index (χ1n) is 5.81. The molecule has 2 N–H and O–H groups in total. The Labute approximate surface area is 111 Å². The fourth-order valence-electron chi connectivity index (χ4n) is 2.01. The number of alkyl halides is 3. The lowest BCUT2D eigenvalue weighted by molar-refractivity contribution is -0.351. The third kappa shape index (κ3) is 2.24. The highest BCUT2D eigenvalue weighted by Gasteiger charge is 2.32. The largest absolute Gasteiger partial charge is 0.419 e. The van der Waals surface area contributed by atoms with Crippen LogP contribution >= 0.6 is 0 Å². The van der Waals surface area contributed by atoms with Gasteiger partial charge in [0.15, 0.2) is 0 Å². The summed E-state index contributed by atoms with van der Waals surface area (Å²) >= 11 is 0. The molecule has 0 amide bonds. The lowest BCUT2D eigenvalue weighted by atomic mass is 10.1. The number of hydrogen-bond acceptors (Lipinski definition) is 0. The summed E-state index contributed by atoms with van der Waals surface area (Å²) in [5, 5.41) is 0.416. The molecule has 6 heteroatoms. The van der Waals surface area contributed by atoms with Gasteiger partial charge in [0, 0.05) is 11.6 Å². The molecule has 0 unspecified atom stereocenters. The van der Waals surface area contributed by atoms with Gasteiger partial charge in [-0.25, -0.2) is 14.4 Å². The summed E-state index contributed by atoms with van der Waals surface area (Å²) in [6, 6.07) is 8.37. The molecule has 0 spiro atoms. The van der Waals surface area contributed by atoms with Crippen LogP contribution in [0.15, 0.2) is 42.6 Å². The van der Waals surface area contributed by atoms with Gasteiger partial charge in [0.1, 0.15) is 17.7 Å². The molecular weight excluding hydrogens is 272 g/mol. The molecule has 2 nitrogen and oxygen atoms in total. The molecule has 0 atom stereocenters. The van der Waals surface area contributed by atoms with Crippen molar-refractivity contribution in [3.8, 4) is 11.3 Å². The summed E-state index contributed by atoms with van der Waals surface area (Å²) in [4.78, 5) is 5.54. The topological polar surface area (TPSA) is 29.9 Å². The van der Waals surface area contributed by atoms with E-state index in [0.717, 1.165) is 12.3 Å². The van der Waals surface area contributed by atoms with Crippen molar-refractivity contribution in [2.75, 3.05) is 0 Å². The van der Waals surface area contributed by atoms with Gasteiger partial charge in [0.2, 0.25) is 0 Å². The quantitative estimate of drug-likeness (QED) is 0.657. The maximum Gasteiger partial charge on any atom is 0.419 e. The van der Waals surface area contributed by atoms with E-state index >= 15 is 0 Å². The van der Waals surface area contributed by atoms with E-state index in [4.69, 9.17) is 0 Å². The number of benzene rings is 1. The Bertz CT molecular complexity index is 757. The van der Waals surface area contributed by atoms with Crippen LogP contribution in [0.3, 0.4) is 0 Å². The molecule has 0 saturated carbocycles. The van der Waals surface area contributed by atoms with Gasteiger partial charge in [-0.2, -0.15) is 13.2 Å². The van der Waals surface area contributed by atoms with Crippen LogP contribution in [0.5, 0.6) is 0 Å². The number of fused-ring (bicyclic) bond motifs is 1. The zero-order valence-corrected chi connectivity index (χ0v) is 10.1. The number of aromatic nitrogens is 2. The zero-order chi connectivity index (χ0) is 14.3. The normalized spacial score (nSPS) is 12.0. The fraction of sp³-hybridized carbons (Fsp3) is 0.0714. The lowest BCUT2D eigenvalue weighted by Crippen LogP contribution is -2.12. The molecule has 0 aliphatic carbocycles. The van der Waals surface area contributed by atoms with E-state index in [2.05, 4.69) is 9.97 Å². The SMILES string of the molecule is Fc1ccc(-c2cc3cc(C(F)(F)F)c[nH+]c3[nH]2)cc1. The van der Waals surface area contributed by atoms with E-state index in [1.54, 1.807) is 18.2 Å². The number of nitrogens with one attached hydrogen (secondary N) is 2. The van der Waals surface area contributed by atoms with Crippen molar-refractivity contribution in [2.24, 2.45) is 0 Å². The van der Waals surface area contributed by atoms with E-state index in [1.165, 1.54) is 12.1 Å². The molecule has 20 heavy (non-hydrogen) atoms. The number of pyridine rings is 1. The monoisotopic (exact) mass is 281 g/mol. The van der Waals surface area contributed by atoms with E-state index < -0.39 is 11.7 Å². The van der Waals surface area contributed by atoms with Crippen molar-refractivity contribution in [2.45, 2.75) is 6.18 Å². The maximum absolute atomic E-state index is 12.8. The molecule has 102 valence electrons. The zero-order valence-electron chi connectivity index (χ0n) is 10.1. The number of aromatic amines is 2. The van der Waals surface area contributed by atoms with E-state index in [0.29, 0.717) is 22.3 Å². The van der Waals surface area contributed by atoms with Crippen LogP contribution in [0.2, 0.25) is 0 Å². The molecular formula is C14H9F4N2+. The van der Waals surface area contributed by atoms with Crippen LogP contribution in [-0.4, -0.2) is 4.98 Å². The summed E-state index contributed by atoms with van der Waals surface area (Å²) in [5.74, 6) is -0.365. The van der Waals surface area contributed by atoms with E-state index in [1.807, 2.05) is 0 Å². The van der Waals surface area contributed by atoms with Crippen LogP contribution in [0.25, 0.3) is 22.3 Å². The summed E-state index contributed by atoms with van der Waals surface area (Å²) in [7, 11) is 0. The van der Waals surface area contributed by atoms with Gasteiger partial charge < -0.3 is 0 Å². The first-order valence-corrected chi connectivity index (χ1v) is 5.81. The smallest absolute Gasteiger partial charge is 0.246 e. The molecule has 0 aliphatic heterocycles. The van der Waals surface area contributed by atoms with Gasteiger partial charge in [-0.05, 0) is 30.3 Å². The molecule has 1 aromatic carbocycles. The second kappa shape index (κ2) is 4.33. The van der Waals surface area contributed by atoms with Crippen LogP contribution in [0.4, 0.5) is 17.6 Å². The minimum Gasteiger partial charge on any atom is -0.246 e. The van der Waals surface area contributed by atoms with Crippen molar-refractivity contribution < 1.29 is 22.5 Å². The predicted molar refractivity (Wildman–Crippen MR) is 65.3 cm³/mol. The Morgan fingerprint density at radius 3 is 2.35 bits per heavy atom. The van der Waals surface area contributed by atoms with Crippen molar-refractivity contribution >= 4 is 11.0 Å². The van der Waals surface area contributed by atoms with Gasteiger partial charge in [0.05, 0.1) is 10.9 Å². The van der Waals surface area contributed by atoms with Crippen molar-refractivity contribution in [1.29, 1.82) is 0 Å². The minimum absolute atomic E-state index is 0.365. The third-order valence-electron chi connectivity index (χ3n) is 3.01. The first-order chi connectivity index (χ1) is 9.43. The second-order valence-corrected chi connectivity index (χ2v) is 4.41. The molecule has 0 aliphatic rings. The van der Waals surface area contributed by atoms with Crippen LogP contribution in [-0.2, 0) is 6.18 Å². The van der Waals surface area contributed by atoms with Crippen LogP contribution in [0, 0.1) is 5.82 Å². The highest BCUT2D eigenvalue weighted by Crippen LogP contribution is 2.30. The van der Waals surface area contributed by atoms with Gasteiger partial charge >= 0.3 is 6.18 Å². The number of H-pyrrole nitrogens is 2. The van der Waals surface area contributed by atoms with Crippen molar-refractivity contribution in [1.82, 2.24) is 4.98 Å². The van der Waals surface area contributed by atoms with Crippen LogP contribution in [0.1, 0.15) is 5.56 Å². The van der Waals surface area contributed by atoms with Gasteiger partial charge in [0.25, 0.3) is 5.65 Å². The molecule has 0 fully saturated rings. The Kier molecular flexibility index (Phi) is 2.74. The third-order valence-corrected chi connectivity index (χ3v) is 3.01. The number of hydrogen-bond donors (Lipinski definition) is 1. The molecule has 0 radical (unpaired) electrons. The van der Waals surface area contributed by atoms with E-state index in [-0.39, 0.29) is 5.82 Å². The average Bonchev–Trinajstić information content (AvgIpc) is 2.81. The fourth-order valence-corrected chi connectivity index (χ4v) is 2.01. The highest BCUT2D eigenvalue weighted by atomic mass is 19.4. The molecule has 2 aromatic heterocycles.